The van der Waals surface area contributed by atoms with Crippen molar-refractivity contribution in [2.24, 2.45) is 0 Å². The first-order valence-corrected chi connectivity index (χ1v) is 16.3. The molecule has 0 saturated carbocycles. The minimum atomic E-state index is -4.91. The molecule has 0 aromatic heterocycles. The summed E-state index contributed by atoms with van der Waals surface area (Å²) in [6, 6.07) is 29.0. The van der Waals surface area contributed by atoms with Crippen molar-refractivity contribution in [1.82, 2.24) is 0 Å². The van der Waals surface area contributed by atoms with Gasteiger partial charge in [-0.15, -0.1) is 0 Å². The Kier molecular flexibility index (Phi) is 8.24. The Hall–Kier alpha value is -1.72. The van der Waals surface area contributed by atoms with Crippen molar-refractivity contribution in [1.29, 1.82) is 0 Å². The molecule has 4 nitrogen and oxygen atoms in total. The molecule has 0 N–H and O–H groups in total. The fourth-order valence-electron chi connectivity index (χ4n) is 2.76. The van der Waals surface area contributed by atoms with E-state index in [1.54, 1.807) is 48.5 Å². The van der Waals surface area contributed by atoms with Gasteiger partial charge in [-0.25, -0.2) is 0 Å². The van der Waals surface area contributed by atoms with E-state index in [1.807, 2.05) is 48.5 Å². The molecule has 0 radical (unpaired) electrons. The van der Waals surface area contributed by atoms with Gasteiger partial charge in [0.05, 0.1) is 0 Å². The molecule has 9 heteroatoms. The molecule has 33 heavy (non-hydrogen) atoms. The zero-order valence-corrected chi connectivity index (χ0v) is 23.6. The summed E-state index contributed by atoms with van der Waals surface area (Å²) in [5.41, 5.74) is 0. The number of hydrogen-bond acceptors (Lipinski definition) is 8. The number of rotatable bonds is 8. The predicted molar refractivity (Wildman–Crippen MR) is 143 cm³/mol. The molecule has 0 aliphatic rings. The third kappa shape index (κ3) is 7.13. The molecule has 0 aliphatic heterocycles. The first-order chi connectivity index (χ1) is 15.9. The molecule has 0 saturated heterocycles. The average molecular weight is 619 g/mol. The van der Waals surface area contributed by atoms with Gasteiger partial charge in [-0.1, -0.05) is 0 Å². The second-order valence-corrected chi connectivity index (χ2v) is 14.1. The molecule has 0 unspecified atom stereocenters. The van der Waals surface area contributed by atoms with Gasteiger partial charge < -0.3 is 0 Å². The van der Waals surface area contributed by atoms with Crippen LogP contribution in [0.15, 0.2) is 117 Å². The van der Waals surface area contributed by atoms with E-state index in [2.05, 4.69) is 50.5 Å². The van der Waals surface area contributed by atoms with Crippen molar-refractivity contribution in [3.8, 4) is 23.0 Å². The summed E-state index contributed by atoms with van der Waals surface area (Å²) in [4.78, 5) is 3.24. The number of thiol groups is 4. The van der Waals surface area contributed by atoms with Gasteiger partial charge in [0.25, 0.3) is 0 Å². The second-order valence-electron chi connectivity index (χ2n) is 6.88. The van der Waals surface area contributed by atoms with E-state index < -0.39 is 20.0 Å². The van der Waals surface area contributed by atoms with Gasteiger partial charge in [-0.2, -0.15) is 0 Å². The first kappa shape index (κ1) is 24.4. The molecule has 4 aromatic rings. The molecule has 168 valence electrons. The Morgan fingerprint density at radius 2 is 0.515 bits per heavy atom. The second kappa shape index (κ2) is 11.1. The van der Waals surface area contributed by atoms with Crippen LogP contribution in [0.3, 0.4) is 0 Å². The van der Waals surface area contributed by atoms with E-state index in [4.69, 9.17) is 12.3 Å². The van der Waals surface area contributed by atoms with E-state index in [0.717, 1.165) is 19.6 Å². The van der Waals surface area contributed by atoms with Crippen molar-refractivity contribution in [3.63, 3.8) is 0 Å². The maximum absolute atomic E-state index is 6.41. The SMILES string of the molecule is Sc1ccc([O][Sn]([O]c2ccc(S)cc2)([O]c2ccc(S)cc2)[O]c2ccc(S)cc2)cc1. The Morgan fingerprint density at radius 1 is 0.333 bits per heavy atom. The van der Waals surface area contributed by atoms with Crippen molar-refractivity contribution >= 4 is 70.5 Å². The quantitative estimate of drug-likeness (QED) is 0.128. The van der Waals surface area contributed by atoms with E-state index in [1.165, 1.54) is 0 Å². The summed E-state index contributed by atoms with van der Waals surface area (Å²) in [7, 11) is 0. The fourth-order valence-corrected chi connectivity index (χ4v) is 8.92. The van der Waals surface area contributed by atoms with E-state index in [-0.39, 0.29) is 0 Å². The van der Waals surface area contributed by atoms with Crippen LogP contribution >= 0.6 is 50.5 Å². The summed E-state index contributed by atoms with van der Waals surface area (Å²) < 4.78 is 25.6. The topological polar surface area (TPSA) is 36.9 Å². The Morgan fingerprint density at radius 3 is 0.697 bits per heavy atom. The van der Waals surface area contributed by atoms with Gasteiger partial charge in [0.15, 0.2) is 0 Å². The number of hydrogen-bond donors (Lipinski definition) is 4. The van der Waals surface area contributed by atoms with Crippen molar-refractivity contribution in [2.45, 2.75) is 19.6 Å². The zero-order valence-electron chi connectivity index (χ0n) is 17.2. The van der Waals surface area contributed by atoms with Crippen LogP contribution in [-0.2, 0) is 0 Å². The van der Waals surface area contributed by atoms with Crippen LogP contribution in [0.5, 0.6) is 23.0 Å². The molecular formula is C24H20O4S4Sn. The van der Waals surface area contributed by atoms with Crippen LogP contribution in [0, 0.1) is 0 Å². The first-order valence-electron chi connectivity index (χ1n) is 9.81. The summed E-state index contributed by atoms with van der Waals surface area (Å²) >= 11 is 12.5. The molecule has 4 aromatic carbocycles. The zero-order chi connectivity index (χ0) is 23.3. The van der Waals surface area contributed by atoms with Crippen LogP contribution in [0.1, 0.15) is 0 Å². The molecule has 0 aliphatic carbocycles. The van der Waals surface area contributed by atoms with Gasteiger partial charge in [-0.3, -0.25) is 0 Å². The average Bonchev–Trinajstić information content (AvgIpc) is 2.80. The molecule has 0 amide bonds. The summed E-state index contributed by atoms with van der Waals surface area (Å²) in [6.07, 6.45) is 0. The van der Waals surface area contributed by atoms with Gasteiger partial charge in [0.1, 0.15) is 0 Å². The number of benzene rings is 4. The molecule has 4 rings (SSSR count). The monoisotopic (exact) mass is 620 g/mol. The molecule has 0 atom stereocenters. The Balaban J connectivity index is 1.77. The van der Waals surface area contributed by atoms with Crippen LogP contribution < -0.4 is 12.3 Å². The summed E-state index contributed by atoms with van der Waals surface area (Å²) in [6.45, 7) is 0. The van der Waals surface area contributed by atoms with Gasteiger partial charge in [0, 0.05) is 0 Å². The van der Waals surface area contributed by atoms with E-state index in [9.17, 15) is 0 Å². The summed E-state index contributed by atoms with van der Waals surface area (Å²) in [5, 5.41) is 0. The fraction of sp³-hybridized carbons (Fsp3) is 0. The van der Waals surface area contributed by atoms with Gasteiger partial charge >= 0.3 is 222 Å². The van der Waals surface area contributed by atoms with Crippen LogP contribution in [-0.4, -0.2) is 20.0 Å². The van der Waals surface area contributed by atoms with Gasteiger partial charge in [0.2, 0.25) is 0 Å². The Bertz CT molecular complexity index is 990. The molecule has 0 fully saturated rings. The predicted octanol–water partition coefficient (Wildman–Crippen LogP) is 6.89. The van der Waals surface area contributed by atoms with Crippen LogP contribution in [0.4, 0.5) is 0 Å². The standard InChI is InChI=1S/4C6H6OS.Sn/c4*7-5-1-3-6(8)4-2-5;/h4*1-4,7-8H;/q;;;;+4/p-4. The maximum atomic E-state index is 6.41. The van der Waals surface area contributed by atoms with Gasteiger partial charge in [-0.05, 0) is 0 Å². The minimum absolute atomic E-state index is 0.547. The third-order valence-corrected chi connectivity index (χ3v) is 11.1. The summed E-state index contributed by atoms with van der Waals surface area (Å²) in [5.74, 6) is 2.19. The van der Waals surface area contributed by atoms with E-state index in [0.29, 0.717) is 23.0 Å². The molecule has 0 heterocycles. The molecule has 0 spiro atoms. The Labute approximate surface area is 220 Å². The van der Waals surface area contributed by atoms with Crippen molar-refractivity contribution in [2.75, 3.05) is 0 Å². The third-order valence-electron chi connectivity index (χ3n) is 4.32. The van der Waals surface area contributed by atoms with E-state index >= 15 is 0 Å². The van der Waals surface area contributed by atoms with Crippen molar-refractivity contribution in [3.05, 3.63) is 97.1 Å². The molecule has 0 bridgehead atoms. The van der Waals surface area contributed by atoms with Crippen LogP contribution in [0.2, 0.25) is 0 Å². The normalized spacial score (nSPS) is 11.0. The van der Waals surface area contributed by atoms with Crippen molar-refractivity contribution < 1.29 is 12.3 Å². The van der Waals surface area contributed by atoms with Crippen LogP contribution in [0.25, 0.3) is 0 Å². The molecular weight excluding hydrogens is 599 g/mol.